The first kappa shape index (κ1) is 11.7. The highest BCUT2D eigenvalue weighted by Gasteiger charge is 2.08. The zero-order valence-corrected chi connectivity index (χ0v) is 11.7. The van der Waals surface area contributed by atoms with Gasteiger partial charge in [0, 0.05) is 5.88 Å². The summed E-state index contributed by atoms with van der Waals surface area (Å²) in [6.07, 6.45) is 0. The highest BCUT2D eigenvalue weighted by atomic mass is 35.5. The Hall–Kier alpha value is -2.05. The third kappa shape index (κ3) is 1.62. The summed E-state index contributed by atoms with van der Waals surface area (Å²) >= 11 is 6.24. The fourth-order valence-corrected chi connectivity index (χ4v) is 3.34. The molecule has 0 N–H and O–H groups in total. The summed E-state index contributed by atoms with van der Waals surface area (Å²) in [6, 6.07) is 23.6. The summed E-state index contributed by atoms with van der Waals surface area (Å²) in [7, 11) is 0. The van der Waals surface area contributed by atoms with Crippen LogP contribution in [0.2, 0.25) is 0 Å². The Morgan fingerprint density at radius 1 is 0.600 bits per heavy atom. The predicted octanol–water partition coefficient (Wildman–Crippen LogP) is 5.89. The lowest BCUT2D eigenvalue weighted by Gasteiger charge is -2.11. The summed E-state index contributed by atoms with van der Waals surface area (Å²) in [5.74, 6) is 0.538. The molecule has 0 saturated heterocycles. The van der Waals surface area contributed by atoms with Crippen molar-refractivity contribution < 1.29 is 0 Å². The molecule has 0 aliphatic heterocycles. The van der Waals surface area contributed by atoms with Crippen LogP contribution in [0, 0.1) is 0 Å². The molecule has 0 aromatic heterocycles. The molecule has 0 spiro atoms. The molecule has 0 aliphatic carbocycles. The van der Waals surface area contributed by atoms with Gasteiger partial charge in [-0.15, -0.1) is 11.6 Å². The van der Waals surface area contributed by atoms with Gasteiger partial charge in [-0.05, 0) is 43.9 Å². The van der Waals surface area contributed by atoms with Gasteiger partial charge in [0.15, 0.2) is 0 Å². The van der Waals surface area contributed by atoms with E-state index in [1.807, 2.05) is 0 Å². The maximum absolute atomic E-state index is 6.24. The lowest BCUT2D eigenvalue weighted by Crippen LogP contribution is -1.87. The smallest absolute Gasteiger partial charge is 0.0486 e. The van der Waals surface area contributed by atoms with Gasteiger partial charge in [0.25, 0.3) is 0 Å². The zero-order chi connectivity index (χ0) is 13.5. The highest BCUT2D eigenvalue weighted by molar-refractivity contribution is 6.21. The minimum Gasteiger partial charge on any atom is -0.122 e. The minimum atomic E-state index is 0.538. The van der Waals surface area contributed by atoms with E-state index in [4.69, 9.17) is 11.6 Å². The van der Waals surface area contributed by atoms with Gasteiger partial charge in [0.2, 0.25) is 0 Å². The fraction of sp³-hybridized carbons (Fsp3) is 0.0526. The quantitative estimate of drug-likeness (QED) is 0.176. The SMILES string of the molecule is Cl[13CH2]c1c2ccccc2cc2c1ccc1ccccc12. The van der Waals surface area contributed by atoms with Crippen LogP contribution >= 0.6 is 11.6 Å². The van der Waals surface area contributed by atoms with E-state index in [2.05, 4.69) is 66.7 Å². The molecule has 0 aliphatic rings. The Bertz CT molecular complexity index is 938. The van der Waals surface area contributed by atoms with Crippen molar-refractivity contribution in [3.63, 3.8) is 0 Å². The second-order valence-electron chi connectivity index (χ2n) is 5.09. The van der Waals surface area contributed by atoms with Gasteiger partial charge in [-0.25, -0.2) is 0 Å². The topological polar surface area (TPSA) is 0 Å². The van der Waals surface area contributed by atoms with E-state index in [1.54, 1.807) is 0 Å². The van der Waals surface area contributed by atoms with Gasteiger partial charge in [0.05, 0.1) is 0 Å². The van der Waals surface area contributed by atoms with E-state index >= 15 is 0 Å². The fourth-order valence-electron chi connectivity index (χ4n) is 3.06. The lowest BCUT2D eigenvalue weighted by atomic mass is 9.96. The molecule has 0 nitrogen and oxygen atoms in total. The summed E-state index contributed by atoms with van der Waals surface area (Å²) in [4.78, 5) is 0. The summed E-state index contributed by atoms with van der Waals surface area (Å²) in [5.41, 5.74) is 1.23. The summed E-state index contributed by atoms with van der Waals surface area (Å²) in [5, 5.41) is 7.63. The van der Waals surface area contributed by atoms with Crippen molar-refractivity contribution in [1.29, 1.82) is 0 Å². The highest BCUT2D eigenvalue weighted by Crippen LogP contribution is 2.33. The Morgan fingerprint density at radius 3 is 2.10 bits per heavy atom. The van der Waals surface area contributed by atoms with Gasteiger partial charge < -0.3 is 0 Å². The second-order valence-corrected chi connectivity index (χ2v) is 5.36. The molecule has 4 rings (SSSR count). The lowest BCUT2D eigenvalue weighted by molar-refractivity contribution is 1.50. The molecule has 0 unspecified atom stereocenters. The molecule has 0 heterocycles. The van der Waals surface area contributed by atoms with Crippen LogP contribution in [0.25, 0.3) is 32.3 Å². The van der Waals surface area contributed by atoms with Crippen molar-refractivity contribution >= 4 is 43.9 Å². The van der Waals surface area contributed by atoms with Gasteiger partial charge in [-0.2, -0.15) is 0 Å². The van der Waals surface area contributed by atoms with Crippen molar-refractivity contribution in [2.75, 3.05) is 0 Å². The summed E-state index contributed by atoms with van der Waals surface area (Å²) < 4.78 is 0. The third-order valence-electron chi connectivity index (χ3n) is 4.02. The molecule has 0 bridgehead atoms. The van der Waals surface area contributed by atoms with Crippen molar-refractivity contribution in [1.82, 2.24) is 0 Å². The Balaban J connectivity index is 2.30. The van der Waals surface area contributed by atoms with Crippen LogP contribution in [-0.2, 0) is 5.88 Å². The van der Waals surface area contributed by atoms with Gasteiger partial charge in [-0.1, -0.05) is 60.7 Å². The molecule has 0 fully saturated rings. The summed E-state index contributed by atoms with van der Waals surface area (Å²) in [6.45, 7) is 0. The van der Waals surface area contributed by atoms with Crippen LogP contribution in [0.5, 0.6) is 0 Å². The molecule has 0 amide bonds. The molecule has 0 saturated carbocycles. The molecular formula is C19H13Cl. The van der Waals surface area contributed by atoms with Crippen LogP contribution in [-0.4, -0.2) is 0 Å². The molecule has 20 heavy (non-hydrogen) atoms. The number of hydrogen-bond donors (Lipinski definition) is 0. The molecule has 0 atom stereocenters. The van der Waals surface area contributed by atoms with E-state index in [0.29, 0.717) is 5.88 Å². The number of rotatable bonds is 1. The first-order valence-corrected chi connectivity index (χ1v) is 7.30. The molecular weight excluding hydrogens is 265 g/mol. The third-order valence-corrected chi connectivity index (χ3v) is 4.28. The zero-order valence-electron chi connectivity index (χ0n) is 10.9. The van der Waals surface area contributed by atoms with Gasteiger partial charge >= 0.3 is 0 Å². The molecule has 0 radical (unpaired) electrons. The van der Waals surface area contributed by atoms with Gasteiger partial charge in [-0.3, -0.25) is 0 Å². The van der Waals surface area contributed by atoms with Crippen molar-refractivity contribution in [2.45, 2.75) is 5.88 Å². The number of fused-ring (bicyclic) bond motifs is 4. The maximum atomic E-state index is 6.24. The number of halogens is 1. The Morgan fingerprint density at radius 2 is 1.30 bits per heavy atom. The predicted molar refractivity (Wildman–Crippen MR) is 88.5 cm³/mol. The average Bonchev–Trinajstić information content (AvgIpc) is 2.52. The molecule has 96 valence electrons. The Kier molecular flexibility index (Phi) is 2.64. The van der Waals surface area contributed by atoms with Crippen molar-refractivity contribution in [3.05, 3.63) is 72.3 Å². The molecule has 4 aromatic carbocycles. The second kappa shape index (κ2) is 4.50. The molecule has 4 aromatic rings. The Labute approximate surface area is 122 Å². The van der Waals surface area contributed by atoms with Crippen LogP contribution in [0.3, 0.4) is 0 Å². The standard InChI is InChI=1S/C19H13Cl/c20-12-19-16-8-4-2-6-14(16)11-18-15-7-3-1-5-13(15)9-10-17(18)19/h1-11H,12H2/i12+1. The normalized spacial score (nSPS) is 11.4. The van der Waals surface area contributed by atoms with Crippen LogP contribution in [0.15, 0.2) is 66.7 Å². The monoisotopic (exact) mass is 277 g/mol. The van der Waals surface area contributed by atoms with Crippen molar-refractivity contribution in [3.8, 4) is 0 Å². The first-order chi connectivity index (χ1) is 9.88. The minimum absolute atomic E-state index is 0.538. The number of hydrogen-bond acceptors (Lipinski definition) is 0. The van der Waals surface area contributed by atoms with Crippen LogP contribution < -0.4 is 0 Å². The van der Waals surface area contributed by atoms with Crippen LogP contribution in [0.4, 0.5) is 0 Å². The van der Waals surface area contributed by atoms with E-state index in [1.165, 1.54) is 37.9 Å². The van der Waals surface area contributed by atoms with E-state index in [9.17, 15) is 0 Å². The van der Waals surface area contributed by atoms with E-state index in [0.717, 1.165) is 0 Å². The van der Waals surface area contributed by atoms with E-state index < -0.39 is 0 Å². The number of benzene rings is 4. The number of alkyl halides is 1. The molecule has 1 heteroatoms. The largest absolute Gasteiger partial charge is 0.122 e. The van der Waals surface area contributed by atoms with Gasteiger partial charge in [0.1, 0.15) is 0 Å². The maximum Gasteiger partial charge on any atom is 0.0486 e. The van der Waals surface area contributed by atoms with E-state index in [-0.39, 0.29) is 0 Å². The van der Waals surface area contributed by atoms with Crippen molar-refractivity contribution in [2.24, 2.45) is 0 Å². The average molecular weight is 278 g/mol. The first-order valence-electron chi connectivity index (χ1n) is 6.76. The van der Waals surface area contributed by atoms with Crippen LogP contribution in [0.1, 0.15) is 5.56 Å².